The molecule has 0 radical (unpaired) electrons. The number of hydrogen-bond acceptors (Lipinski definition) is 3. The van der Waals surface area contributed by atoms with Crippen LogP contribution in [0.15, 0.2) is 0 Å². The zero-order valence-corrected chi connectivity index (χ0v) is 10.9. The molecular formula is C12H20N2S. The minimum absolute atomic E-state index is 0.285. The van der Waals surface area contributed by atoms with Gasteiger partial charge in [0.2, 0.25) is 0 Å². The molecule has 0 spiro atoms. The molecule has 0 aliphatic heterocycles. The van der Waals surface area contributed by atoms with Gasteiger partial charge in [-0.15, -0.1) is 11.3 Å². The first-order chi connectivity index (χ1) is 6.99. The molecule has 1 aliphatic carbocycles. The van der Waals surface area contributed by atoms with E-state index in [9.17, 15) is 0 Å². The van der Waals surface area contributed by atoms with Crippen LogP contribution in [-0.2, 0) is 6.54 Å². The summed E-state index contributed by atoms with van der Waals surface area (Å²) in [6, 6.07) is 0. The third-order valence-electron chi connectivity index (χ3n) is 3.37. The molecule has 84 valence electrons. The van der Waals surface area contributed by atoms with Crippen LogP contribution >= 0.6 is 11.3 Å². The number of hydrogen-bond donors (Lipinski definition) is 1. The summed E-state index contributed by atoms with van der Waals surface area (Å²) in [5, 5.41) is 4.85. The van der Waals surface area contributed by atoms with Crippen molar-refractivity contribution >= 4 is 11.3 Å². The van der Waals surface area contributed by atoms with Crippen molar-refractivity contribution in [3.05, 3.63) is 15.6 Å². The van der Waals surface area contributed by atoms with E-state index >= 15 is 0 Å². The summed E-state index contributed by atoms with van der Waals surface area (Å²) in [7, 11) is 0. The smallest absolute Gasteiger partial charge is 0.107 e. The molecule has 0 amide bonds. The van der Waals surface area contributed by atoms with Gasteiger partial charge in [-0.05, 0) is 46.5 Å². The van der Waals surface area contributed by atoms with Crippen LogP contribution in [0.2, 0.25) is 0 Å². The minimum atomic E-state index is 0.285. The third kappa shape index (κ3) is 2.58. The minimum Gasteiger partial charge on any atom is -0.305 e. The molecule has 2 rings (SSSR count). The molecule has 0 unspecified atom stereocenters. The van der Waals surface area contributed by atoms with E-state index in [0.29, 0.717) is 0 Å². The monoisotopic (exact) mass is 224 g/mol. The van der Waals surface area contributed by atoms with Gasteiger partial charge in [-0.2, -0.15) is 0 Å². The fraction of sp³-hybridized carbons (Fsp3) is 0.750. The number of rotatable bonds is 4. The number of aryl methyl sites for hydroxylation is 2. The van der Waals surface area contributed by atoms with Crippen molar-refractivity contribution in [2.45, 2.75) is 52.6 Å². The molecule has 0 aromatic carbocycles. The highest BCUT2D eigenvalue weighted by Crippen LogP contribution is 2.39. The summed E-state index contributed by atoms with van der Waals surface area (Å²) < 4.78 is 0. The molecule has 0 saturated heterocycles. The van der Waals surface area contributed by atoms with E-state index in [1.807, 2.05) is 11.3 Å². The molecule has 1 aliphatic rings. The highest BCUT2D eigenvalue weighted by Gasteiger charge is 2.37. The van der Waals surface area contributed by atoms with Crippen LogP contribution in [0.4, 0.5) is 0 Å². The first-order valence-corrected chi connectivity index (χ1v) is 6.48. The Morgan fingerprint density at radius 1 is 1.40 bits per heavy atom. The van der Waals surface area contributed by atoms with E-state index in [0.717, 1.165) is 12.5 Å². The molecule has 1 fully saturated rings. The molecule has 0 atom stereocenters. The van der Waals surface area contributed by atoms with E-state index in [4.69, 9.17) is 0 Å². The molecule has 1 aromatic rings. The highest BCUT2D eigenvalue weighted by molar-refractivity contribution is 7.11. The van der Waals surface area contributed by atoms with E-state index in [-0.39, 0.29) is 5.54 Å². The molecule has 1 saturated carbocycles. The van der Waals surface area contributed by atoms with Crippen LogP contribution in [0.1, 0.15) is 42.3 Å². The van der Waals surface area contributed by atoms with Gasteiger partial charge in [0.25, 0.3) is 0 Å². The van der Waals surface area contributed by atoms with Crippen LogP contribution < -0.4 is 5.32 Å². The maximum absolute atomic E-state index is 4.55. The Morgan fingerprint density at radius 3 is 2.53 bits per heavy atom. The van der Waals surface area contributed by atoms with E-state index in [1.54, 1.807) is 0 Å². The van der Waals surface area contributed by atoms with Crippen LogP contribution in [0.5, 0.6) is 0 Å². The van der Waals surface area contributed by atoms with Crippen molar-refractivity contribution in [1.29, 1.82) is 0 Å². The van der Waals surface area contributed by atoms with Crippen LogP contribution in [0, 0.1) is 19.8 Å². The maximum Gasteiger partial charge on any atom is 0.107 e. The van der Waals surface area contributed by atoms with Crippen molar-refractivity contribution in [2.75, 3.05) is 0 Å². The normalized spacial score (nSPS) is 17.1. The zero-order chi connectivity index (χ0) is 11.1. The topological polar surface area (TPSA) is 24.9 Å². The Balaban J connectivity index is 1.92. The van der Waals surface area contributed by atoms with Crippen molar-refractivity contribution in [2.24, 2.45) is 5.92 Å². The number of nitrogens with zero attached hydrogens (tertiary/aromatic N) is 1. The second-order valence-corrected chi connectivity index (χ2v) is 6.39. The molecular weight excluding hydrogens is 204 g/mol. The SMILES string of the molecule is Cc1nc(CNC(C)(C)C2CC2)sc1C. The summed E-state index contributed by atoms with van der Waals surface area (Å²) in [6.07, 6.45) is 2.77. The Bertz CT molecular complexity index is 331. The van der Waals surface area contributed by atoms with Gasteiger partial charge in [-0.3, -0.25) is 0 Å². The molecule has 15 heavy (non-hydrogen) atoms. The molecule has 1 aromatic heterocycles. The van der Waals surface area contributed by atoms with Gasteiger partial charge >= 0.3 is 0 Å². The average Bonchev–Trinajstić information content (AvgIpc) is 2.93. The number of thiazole rings is 1. The van der Waals surface area contributed by atoms with Crippen molar-refractivity contribution in [1.82, 2.24) is 10.3 Å². The lowest BCUT2D eigenvalue weighted by atomic mass is 9.99. The van der Waals surface area contributed by atoms with Gasteiger partial charge in [0, 0.05) is 17.0 Å². The van der Waals surface area contributed by atoms with Crippen LogP contribution in [-0.4, -0.2) is 10.5 Å². The molecule has 0 bridgehead atoms. The fourth-order valence-electron chi connectivity index (χ4n) is 1.87. The first kappa shape index (κ1) is 11.1. The fourth-order valence-corrected chi connectivity index (χ4v) is 2.74. The van der Waals surface area contributed by atoms with Gasteiger partial charge in [0.05, 0.1) is 5.69 Å². The highest BCUT2D eigenvalue weighted by atomic mass is 32.1. The lowest BCUT2D eigenvalue weighted by molar-refractivity contribution is 0.339. The van der Waals surface area contributed by atoms with Crippen molar-refractivity contribution < 1.29 is 0 Å². The summed E-state index contributed by atoms with van der Waals surface area (Å²) in [5.41, 5.74) is 1.47. The molecule has 3 heteroatoms. The first-order valence-electron chi connectivity index (χ1n) is 5.67. The van der Waals surface area contributed by atoms with E-state index in [2.05, 4.69) is 38.0 Å². The number of aromatic nitrogens is 1. The quantitative estimate of drug-likeness (QED) is 0.850. The standard InChI is InChI=1S/C12H20N2S/c1-8-9(2)15-11(14-8)7-13-12(3,4)10-5-6-10/h10,13H,5-7H2,1-4H3. The Morgan fingerprint density at radius 2 is 2.07 bits per heavy atom. The summed E-state index contributed by atoms with van der Waals surface area (Å²) in [4.78, 5) is 5.89. The van der Waals surface area contributed by atoms with Crippen LogP contribution in [0.25, 0.3) is 0 Å². The van der Waals surface area contributed by atoms with E-state index in [1.165, 1.54) is 28.4 Å². The number of nitrogens with one attached hydrogen (secondary N) is 1. The Hall–Kier alpha value is -0.410. The summed E-state index contributed by atoms with van der Waals surface area (Å²) in [6.45, 7) is 9.75. The lowest BCUT2D eigenvalue weighted by Crippen LogP contribution is -2.40. The zero-order valence-electron chi connectivity index (χ0n) is 10.1. The third-order valence-corrected chi connectivity index (χ3v) is 4.44. The van der Waals surface area contributed by atoms with Crippen molar-refractivity contribution in [3.63, 3.8) is 0 Å². The second kappa shape index (κ2) is 3.87. The molecule has 1 heterocycles. The lowest BCUT2D eigenvalue weighted by Gasteiger charge is -2.25. The van der Waals surface area contributed by atoms with Gasteiger partial charge in [-0.1, -0.05) is 0 Å². The van der Waals surface area contributed by atoms with Gasteiger partial charge in [0.15, 0.2) is 0 Å². The predicted molar refractivity (Wildman–Crippen MR) is 65.2 cm³/mol. The molecule has 1 N–H and O–H groups in total. The van der Waals surface area contributed by atoms with E-state index < -0.39 is 0 Å². The largest absolute Gasteiger partial charge is 0.305 e. The predicted octanol–water partition coefficient (Wildman–Crippen LogP) is 3.04. The maximum atomic E-state index is 4.55. The van der Waals surface area contributed by atoms with Crippen molar-refractivity contribution in [3.8, 4) is 0 Å². The van der Waals surface area contributed by atoms with Gasteiger partial charge in [0.1, 0.15) is 5.01 Å². The van der Waals surface area contributed by atoms with Gasteiger partial charge in [-0.25, -0.2) is 4.98 Å². The second-order valence-electron chi connectivity index (χ2n) is 5.10. The Kier molecular flexibility index (Phi) is 2.86. The van der Waals surface area contributed by atoms with Gasteiger partial charge < -0.3 is 5.32 Å². The summed E-state index contributed by atoms with van der Waals surface area (Å²) >= 11 is 1.81. The van der Waals surface area contributed by atoms with Crippen LogP contribution in [0.3, 0.4) is 0 Å². The summed E-state index contributed by atoms with van der Waals surface area (Å²) in [5.74, 6) is 0.875. The Labute approximate surface area is 96.1 Å². The molecule has 2 nitrogen and oxygen atoms in total. The average molecular weight is 224 g/mol.